The zero-order valence-electron chi connectivity index (χ0n) is 16.8. The molecule has 2 aromatic carbocycles. The van der Waals surface area contributed by atoms with Gasteiger partial charge >= 0.3 is 0 Å². The van der Waals surface area contributed by atoms with Crippen molar-refractivity contribution in [2.75, 3.05) is 50.6 Å². The quantitative estimate of drug-likeness (QED) is 0.542. The van der Waals surface area contributed by atoms with Crippen molar-refractivity contribution in [1.29, 1.82) is 0 Å². The molecule has 1 fully saturated rings. The van der Waals surface area contributed by atoms with E-state index in [0.717, 1.165) is 31.9 Å². The highest BCUT2D eigenvalue weighted by atomic mass is 32.1. The van der Waals surface area contributed by atoms with Gasteiger partial charge in [-0.2, -0.15) is 4.52 Å². The van der Waals surface area contributed by atoms with Crippen molar-refractivity contribution in [3.8, 4) is 5.75 Å². The average Bonchev–Trinajstić information content (AvgIpc) is 3.16. The Hall–Kier alpha value is -3.17. The van der Waals surface area contributed by atoms with Crippen molar-refractivity contribution < 1.29 is 4.74 Å². The number of fused-ring (bicyclic) bond motifs is 2. The number of nitrogens with zero attached hydrogens (tertiary/aromatic N) is 5. The second kappa shape index (κ2) is 7.58. The van der Waals surface area contributed by atoms with Gasteiger partial charge in [-0.1, -0.05) is 17.4 Å². The fourth-order valence-corrected chi connectivity index (χ4v) is 4.45. The molecule has 30 heavy (non-hydrogen) atoms. The van der Waals surface area contributed by atoms with Crippen LogP contribution >= 0.6 is 11.3 Å². The first-order valence-corrected chi connectivity index (χ1v) is 10.6. The molecule has 0 amide bonds. The van der Waals surface area contributed by atoms with Gasteiger partial charge in [0.25, 0.3) is 5.56 Å². The first-order valence-electron chi connectivity index (χ1n) is 9.79. The summed E-state index contributed by atoms with van der Waals surface area (Å²) in [7, 11) is 3.75. The molecule has 2 aromatic heterocycles. The van der Waals surface area contributed by atoms with Crippen LogP contribution in [0.1, 0.15) is 0 Å². The van der Waals surface area contributed by atoms with Crippen LogP contribution in [0.3, 0.4) is 0 Å². The molecule has 154 valence electrons. The number of likely N-dealkylation sites (N-methyl/N-ethyl adjacent to an activating group) is 1. The number of nitrogens with one attached hydrogen (secondary N) is 1. The van der Waals surface area contributed by atoms with Crippen molar-refractivity contribution in [2.45, 2.75) is 0 Å². The van der Waals surface area contributed by atoms with Crippen LogP contribution in [-0.4, -0.2) is 59.8 Å². The Bertz CT molecular complexity index is 1280. The summed E-state index contributed by atoms with van der Waals surface area (Å²) in [5.74, 6) is 0.669. The molecular formula is C21H22N6O2S. The predicted octanol–water partition coefficient (Wildman–Crippen LogP) is 2.81. The Morgan fingerprint density at radius 3 is 2.73 bits per heavy atom. The zero-order valence-corrected chi connectivity index (χ0v) is 17.6. The fourth-order valence-electron chi connectivity index (χ4n) is 3.63. The lowest BCUT2D eigenvalue weighted by molar-refractivity contribution is 0.313. The maximum atomic E-state index is 12.8. The molecule has 0 spiro atoms. The van der Waals surface area contributed by atoms with Crippen molar-refractivity contribution in [3.05, 3.63) is 52.8 Å². The largest absolute Gasteiger partial charge is 0.497 e. The van der Waals surface area contributed by atoms with Gasteiger partial charge in [0.05, 0.1) is 18.0 Å². The monoisotopic (exact) mass is 422 g/mol. The molecule has 0 saturated carbocycles. The Kier molecular flexibility index (Phi) is 4.76. The Balaban J connectivity index is 1.46. The molecule has 3 heterocycles. The molecule has 0 atom stereocenters. The Labute approximate surface area is 177 Å². The van der Waals surface area contributed by atoms with E-state index in [1.165, 1.54) is 21.5 Å². The highest BCUT2D eigenvalue weighted by Crippen LogP contribution is 2.27. The van der Waals surface area contributed by atoms with E-state index in [1.54, 1.807) is 25.3 Å². The molecule has 1 N–H and O–H groups in total. The number of hydrogen-bond acceptors (Lipinski definition) is 8. The molecule has 1 aliphatic heterocycles. The van der Waals surface area contributed by atoms with Crippen LogP contribution in [-0.2, 0) is 0 Å². The van der Waals surface area contributed by atoms with E-state index in [2.05, 4.69) is 44.4 Å². The zero-order chi connectivity index (χ0) is 20.7. The number of aromatic nitrogens is 3. The lowest BCUT2D eigenvalue weighted by atomic mass is 10.2. The summed E-state index contributed by atoms with van der Waals surface area (Å²) in [6, 6.07) is 13.5. The molecule has 9 heteroatoms. The number of rotatable bonds is 4. The van der Waals surface area contributed by atoms with E-state index in [4.69, 9.17) is 4.74 Å². The van der Waals surface area contributed by atoms with E-state index >= 15 is 0 Å². The van der Waals surface area contributed by atoms with Gasteiger partial charge in [-0.05, 0) is 37.4 Å². The summed E-state index contributed by atoms with van der Waals surface area (Å²) in [6.07, 6.45) is 0. The van der Waals surface area contributed by atoms with Crippen LogP contribution in [0.25, 0.3) is 15.9 Å². The number of methoxy groups -OCH3 is 1. The lowest BCUT2D eigenvalue weighted by Gasteiger charge is -2.34. The minimum atomic E-state index is -0.187. The van der Waals surface area contributed by atoms with Crippen LogP contribution in [0.5, 0.6) is 5.75 Å². The first-order chi connectivity index (χ1) is 14.6. The molecular weight excluding hydrogens is 400 g/mol. The summed E-state index contributed by atoms with van der Waals surface area (Å²) >= 11 is 1.34. The molecule has 0 radical (unpaired) electrons. The van der Waals surface area contributed by atoms with E-state index in [9.17, 15) is 4.79 Å². The van der Waals surface area contributed by atoms with Crippen LogP contribution in [0, 0.1) is 0 Å². The van der Waals surface area contributed by atoms with Gasteiger partial charge in [-0.15, -0.1) is 5.10 Å². The minimum absolute atomic E-state index is 0.187. The van der Waals surface area contributed by atoms with Crippen molar-refractivity contribution in [2.24, 2.45) is 0 Å². The molecule has 8 nitrogen and oxygen atoms in total. The van der Waals surface area contributed by atoms with E-state index in [-0.39, 0.29) is 5.56 Å². The molecule has 0 aliphatic carbocycles. The van der Waals surface area contributed by atoms with Crippen molar-refractivity contribution >= 4 is 43.7 Å². The first kappa shape index (κ1) is 18.8. The molecule has 1 aliphatic rings. The predicted molar refractivity (Wildman–Crippen MR) is 121 cm³/mol. The second-order valence-corrected chi connectivity index (χ2v) is 8.32. The maximum absolute atomic E-state index is 12.8. The van der Waals surface area contributed by atoms with Crippen LogP contribution < -0.4 is 20.5 Å². The number of piperazine rings is 1. The third-order valence-electron chi connectivity index (χ3n) is 5.37. The van der Waals surface area contributed by atoms with Gasteiger partial charge in [0, 0.05) is 43.6 Å². The third kappa shape index (κ3) is 3.46. The smallest absolute Gasteiger partial charge is 0.283 e. The summed E-state index contributed by atoms with van der Waals surface area (Å²) in [5, 5.41) is 8.92. The van der Waals surface area contributed by atoms with Crippen LogP contribution in [0.4, 0.5) is 16.5 Å². The topological polar surface area (TPSA) is 75.0 Å². The standard InChI is InChI=1S/C21H22N6O2S/c1-25-8-10-26(11-9-25)15-5-3-4-14(12-15)22-20-24-27-19(28)17-7-6-16(29-2)13-18(17)23-21(27)30-20/h3-7,12-13H,8-11H2,1-2H3,(H,22,24). The Morgan fingerprint density at radius 1 is 1.10 bits per heavy atom. The van der Waals surface area contributed by atoms with Gasteiger partial charge in [0.15, 0.2) is 0 Å². The lowest BCUT2D eigenvalue weighted by Crippen LogP contribution is -2.44. The molecule has 5 rings (SSSR count). The summed E-state index contributed by atoms with van der Waals surface area (Å²) < 4.78 is 6.60. The summed E-state index contributed by atoms with van der Waals surface area (Å²) in [5.41, 5.74) is 2.53. The van der Waals surface area contributed by atoms with E-state index in [1.807, 2.05) is 12.1 Å². The highest BCUT2D eigenvalue weighted by Gasteiger charge is 2.15. The Morgan fingerprint density at radius 2 is 1.93 bits per heavy atom. The van der Waals surface area contributed by atoms with Crippen LogP contribution in [0.15, 0.2) is 47.3 Å². The summed E-state index contributed by atoms with van der Waals surface area (Å²) in [4.78, 5) is 22.7. The maximum Gasteiger partial charge on any atom is 0.283 e. The summed E-state index contributed by atoms with van der Waals surface area (Å²) in [6.45, 7) is 4.14. The van der Waals surface area contributed by atoms with Crippen LogP contribution in [0.2, 0.25) is 0 Å². The molecule has 1 saturated heterocycles. The van der Waals surface area contributed by atoms with Gasteiger partial charge in [0.2, 0.25) is 10.1 Å². The van der Waals surface area contributed by atoms with Gasteiger partial charge < -0.3 is 19.9 Å². The van der Waals surface area contributed by atoms with Crippen molar-refractivity contribution in [3.63, 3.8) is 0 Å². The third-order valence-corrected chi connectivity index (χ3v) is 6.19. The number of benzene rings is 2. The number of anilines is 3. The van der Waals surface area contributed by atoms with Crippen molar-refractivity contribution in [1.82, 2.24) is 19.5 Å². The number of hydrogen-bond donors (Lipinski definition) is 1. The van der Waals surface area contributed by atoms with Gasteiger partial charge in [0.1, 0.15) is 5.75 Å². The average molecular weight is 423 g/mol. The molecule has 4 aromatic rings. The van der Waals surface area contributed by atoms with Gasteiger partial charge in [-0.25, -0.2) is 4.98 Å². The fraction of sp³-hybridized carbons (Fsp3) is 0.286. The molecule has 0 unspecified atom stereocenters. The van der Waals surface area contributed by atoms with E-state index in [0.29, 0.717) is 26.7 Å². The normalized spacial score (nSPS) is 15.1. The highest BCUT2D eigenvalue weighted by molar-refractivity contribution is 7.20. The molecule has 0 bridgehead atoms. The van der Waals surface area contributed by atoms with E-state index < -0.39 is 0 Å². The SMILES string of the molecule is COc1ccc2c(=O)n3nc(Nc4cccc(N5CCN(C)CC5)c4)sc3nc2c1. The minimum Gasteiger partial charge on any atom is -0.497 e. The van der Waals surface area contributed by atoms with Gasteiger partial charge in [-0.3, -0.25) is 4.79 Å². The number of ether oxygens (including phenoxy) is 1. The second-order valence-electron chi connectivity index (χ2n) is 7.37.